The third kappa shape index (κ3) is 2.06. The topological polar surface area (TPSA) is 60.2 Å². The summed E-state index contributed by atoms with van der Waals surface area (Å²) in [6, 6.07) is 14.0. The molecule has 2 aromatic rings. The quantitative estimate of drug-likeness (QED) is 0.615. The molecule has 3 nitrogen and oxygen atoms in total. The Morgan fingerprint density at radius 2 is 1.69 bits per heavy atom. The van der Waals surface area contributed by atoms with E-state index in [1.54, 1.807) is 42.5 Å². The van der Waals surface area contributed by atoms with Crippen LogP contribution in [0.15, 0.2) is 53.4 Å². The molecular formula is C12H11NO2S. The molecule has 0 fully saturated rings. The van der Waals surface area contributed by atoms with E-state index in [0.717, 1.165) is 5.56 Å². The fourth-order valence-corrected chi connectivity index (χ4v) is 2.19. The smallest absolute Gasteiger partial charge is 0.168 e. The number of benzene rings is 2. The van der Waals surface area contributed by atoms with Crippen molar-refractivity contribution in [3.8, 4) is 11.1 Å². The van der Waals surface area contributed by atoms with Crippen LogP contribution < -0.4 is 5.73 Å². The molecule has 0 saturated heterocycles. The lowest BCUT2D eigenvalue weighted by molar-refractivity contribution is 0.615. The first-order valence-electron chi connectivity index (χ1n) is 4.78. The summed E-state index contributed by atoms with van der Waals surface area (Å²) in [6.45, 7) is 0. The predicted molar refractivity (Wildman–Crippen MR) is 64.9 cm³/mol. The molecule has 16 heavy (non-hydrogen) atoms. The second-order valence-electron chi connectivity index (χ2n) is 3.40. The van der Waals surface area contributed by atoms with Crippen molar-refractivity contribution in [2.45, 2.75) is 4.90 Å². The lowest BCUT2D eigenvalue weighted by Gasteiger charge is -2.05. The maximum absolute atomic E-state index is 11.1. The molecule has 0 spiro atoms. The molecule has 0 aromatic heterocycles. The molecule has 0 saturated carbocycles. The number of thiol groups is 1. The highest BCUT2D eigenvalue weighted by molar-refractivity contribution is 7.72. The highest BCUT2D eigenvalue weighted by atomic mass is 32.2. The van der Waals surface area contributed by atoms with Gasteiger partial charge in [0.05, 0.1) is 4.90 Å². The minimum atomic E-state index is -2.59. The highest BCUT2D eigenvalue weighted by Crippen LogP contribution is 2.25. The molecule has 0 amide bonds. The Balaban J connectivity index is 2.64. The van der Waals surface area contributed by atoms with Crippen molar-refractivity contribution in [1.29, 1.82) is 0 Å². The first-order chi connectivity index (χ1) is 7.68. The molecule has 4 heteroatoms. The molecule has 0 atom stereocenters. The van der Waals surface area contributed by atoms with Gasteiger partial charge in [-0.1, -0.05) is 30.3 Å². The van der Waals surface area contributed by atoms with E-state index in [-0.39, 0.29) is 0 Å². The minimum Gasteiger partial charge on any atom is -0.399 e. The zero-order valence-corrected chi connectivity index (χ0v) is 9.35. The van der Waals surface area contributed by atoms with E-state index in [0.29, 0.717) is 16.1 Å². The number of rotatable bonds is 2. The van der Waals surface area contributed by atoms with E-state index >= 15 is 0 Å². The minimum absolute atomic E-state index is 0.322. The molecule has 0 unspecified atom stereocenters. The summed E-state index contributed by atoms with van der Waals surface area (Å²) in [7, 11) is -2.59. The molecule has 2 aromatic carbocycles. The van der Waals surface area contributed by atoms with Gasteiger partial charge in [0, 0.05) is 11.3 Å². The second-order valence-corrected chi connectivity index (χ2v) is 4.40. The van der Waals surface area contributed by atoms with Crippen molar-refractivity contribution < 1.29 is 8.42 Å². The number of hydrogen-bond acceptors (Lipinski definition) is 3. The SMILES string of the molecule is Nc1cccc(-c2ccccc2[SH](=O)=O)c1. The molecule has 0 aliphatic rings. The molecule has 0 radical (unpaired) electrons. The zero-order chi connectivity index (χ0) is 11.5. The number of anilines is 1. The lowest BCUT2D eigenvalue weighted by atomic mass is 10.1. The van der Waals surface area contributed by atoms with Gasteiger partial charge in [0.2, 0.25) is 0 Å². The summed E-state index contributed by atoms with van der Waals surface area (Å²) in [6.07, 6.45) is 0. The fourth-order valence-electron chi connectivity index (χ4n) is 1.58. The predicted octanol–water partition coefficient (Wildman–Crippen LogP) is 1.91. The summed E-state index contributed by atoms with van der Waals surface area (Å²) in [5, 5.41) is 0. The van der Waals surface area contributed by atoms with E-state index in [9.17, 15) is 8.42 Å². The van der Waals surface area contributed by atoms with Gasteiger partial charge in [-0.3, -0.25) is 0 Å². The molecule has 0 heterocycles. The van der Waals surface area contributed by atoms with E-state index in [1.165, 1.54) is 0 Å². The summed E-state index contributed by atoms with van der Waals surface area (Å²) in [5.74, 6) is 0. The van der Waals surface area contributed by atoms with Crippen LogP contribution in [0.25, 0.3) is 11.1 Å². The molecule has 0 aliphatic heterocycles. The van der Waals surface area contributed by atoms with Gasteiger partial charge >= 0.3 is 0 Å². The molecule has 2 N–H and O–H groups in total. The van der Waals surface area contributed by atoms with Crippen LogP contribution in [0.4, 0.5) is 5.69 Å². The van der Waals surface area contributed by atoms with Crippen LogP contribution >= 0.6 is 0 Å². The third-order valence-corrected chi connectivity index (χ3v) is 3.08. The molecule has 0 aliphatic carbocycles. The van der Waals surface area contributed by atoms with E-state index in [4.69, 9.17) is 5.73 Å². The van der Waals surface area contributed by atoms with Crippen LogP contribution in [-0.2, 0) is 10.7 Å². The van der Waals surface area contributed by atoms with Gasteiger partial charge in [-0.25, -0.2) is 8.42 Å². The van der Waals surface area contributed by atoms with Gasteiger partial charge < -0.3 is 5.73 Å². The van der Waals surface area contributed by atoms with E-state index in [1.807, 2.05) is 6.07 Å². The maximum Gasteiger partial charge on any atom is 0.168 e. The van der Waals surface area contributed by atoms with E-state index < -0.39 is 10.7 Å². The van der Waals surface area contributed by atoms with Gasteiger partial charge in [-0.2, -0.15) is 0 Å². The van der Waals surface area contributed by atoms with E-state index in [2.05, 4.69) is 0 Å². The van der Waals surface area contributed by atoms with Crippen molar-refractivity contribution in [1.82, 2.24) is 0 Å². The molecular weight excluding hydrogens is 222 g/mol. The summed E-state index contributed by atoms with van der Waals surface area (Å²) >= 11 is 0. The van der Waals surface area contributed by atoms with Gasteiger partial charge in [0.25, 0.3) is 0 Å². The average molecular weight is 233 g/mol. The van der Waals surface area contributed by atoms with Crippen molar-refractivity contribution in [2.24, 2.45) is 0 Å². The number of nitrogen functional groups attached to an aromatic ring is 1. The Bertz CT molecular complexity index is 583. The maximum atomic E-state index is 11.1. The van der Waals surface area contributed by atoms with Crippen LogP contribution in [0.1, 0.15) is 0 Å². The normalized spacial score (nSPS) is 10.6. The zero-order valence-electron chi connectivity index (χ0n) is 8.46. The van der Waals surface area contributed by atoms with Crippen molar-refractivity contribution in [3.63, 3.8) is 0 Å². The van der Waals surface area contributed by atoms with Crippen molar-refractivity contribution in [3.05, 3.63) is 48.5 Å². The Morgan fingerprint density at radius 1 is 0.938 bits per heavy atom. The monoisotopic (exact) mass is 233 g/mol. The fraction of sp³-hybridized carbons (Fsp3) is 0. The average Bonchev–Trinajstić information content (AvgIpc) is 2.29. The first kappa shape index (κ1) is 10.7. The largest absolute Gasteiger partial charge is 0.399 e. The Morgan fingerprint density at radius 3 is 2.38 bits per heavy atom. The molecule has 0 bridgehead atoms. The number of hydrogen-bond donors (Lipinski definition) is 2. The Kier molecular flexibility index (Phi) is 2.92. The van der Waals surface area contributed by atoms with Crippen LogP contribution in [0.5, 0.6) is 0 Å². The van der Waals surface area contributed by atoms with Gasteiger partial charge in [-0.15, -0.1) is 0 Å². The lowest BCUT2D eigenvalue weighted by Crippen LogP contribution is -1.89. The van der Waals surface area contributed by atoms with Crippen LogP contribution in [0.2, 0.25) is 0 Å². The van der Waals surface area contributed by atoms with Gasteiger partial charge in [0.1, 0.15) is 0 Å². The molecule has 2 rings (SSSR count). The summed E-state index contributed by atoms with van der Waals surface area (Å²) in [4.78, 5) is 0.322. The molecule has 82 valence electrons. The van der Waals surface area contributed by atoms with Crippen LogP contribution in [0.3, 0.4) is 0 Å². The highest BCUT2D eigenvalue weighted by Gasteiger charge is 2.05. The summed E-state index contributed by atoms with van der Waals surface area (Å²) < 4.78 is 22.2. The van der Waals surface area contributed by atoms with Crippen molar-refractivity contribution >= 4 is 16.4 Å². The van der Waals surface area contributed by atoms with Crippen molar-refractivity contribution in [2.75, 3.05) is 5.73 Å². The van der Waals surface area contributed by atoms with Crippen LogP contribution in [0, 0.1) is 0 Å². The van der Waals surface area contributed by atoms with Crippen LogP contribution in [-0.4, -0.2) is 8.42 Å². The first-order valence-corrected chi connectivity index (χ1v) is 5.95. The third-order valence-electron chi connectivity index (χ3n) is 2.30. The summed E-state index contributed by atoms with van der Waals surface area (Å²) in [5.41, 5.74) is 7.79. The standard InChI is InChI=1S/C12H11NO2S/c13-10-5-3-4-9(8-10)11-6-1-2-7-12(11)16(14)15/h1-8,16H,13H2. The number of nitrogens with two attached hydrogens (primary N) is 1. The van der Waals surface area contributed by atoms with Gasteiger partial charge in [-0.05, 0) is 23.8 Å². The Hall–Kier alpha value is -1.81. The second kappa shape index (κ2) is 4.37. The van der Waals surface area contributed by atoms with Gasteiger partial charge in [0.15, 0.2) is 10.7 Å². The Labute approximate surface area is 95.5 Å².